The molecule has 0 aliphatic rings. The number of ether oxygens (including phenoxy) is 1. The van der Waals surface area contributed by atoms with Crippen LogP contribution in [-0.4, -0.2) is 28.0 Å². The molecule has 0 atom stereocenters. The smallest absolute Gasteiger partial charge is 1.00 e. The van der Waals surface area contributed by atoms with Crippen LogP contribution in [0.15, 0.2) is 58.3 Å². The van der Waals surface area contributed by atoms with E-state index >= 15 is 0 Å². The Morgan fingerprint density at radius 3 is 1.53 bits per heavy atom. The van der Waals surface area contributed by atoms with Gasteiger partial charge in [0.1, 0.15) is 11.5 Å². The second-order valence-electron chi connectivity index (χ2n) is 7.98. The van der Waals surface area contributed by atoms with Gasteiger partial charge < -0.3 is 6.16 Å². The van der Waals surface area contributed by atoms with Gasteiger partial charge in [-0.1, -0.05) is 64.7 Å². The zero-order valence-corrected chi connectivity index (χ0v) is 23.7. The second-order valence-corrected chi connectivity index (χ2v) is 11.0. The Morgan fingerprint density at radius 1 is 0.676 bits per heavy atom. The van der Waals surface area contributed by atoms with Crippen LogP contribution in [0.4, 0.5) is 0 Å². The molecular formula is C24H35NaO7S2. The molecule has 0 saturated carbocycles. The summed E-state index contributed by atoms with van der Waals surface area (Å²) in [5.41, 5.74) is 0. The fourth-order valence-electron chi connectivity index (χ4n) is 3.32. The van der Waals surface area contributed by atoms with Crippen molar-refractivity contribution >= 4 is 20.2 Å². The predicted octanol–water partition coefficient (Wildman–Crippen LogP) is 3.47. The molecule has 0 aliphatic carbocycles. The SMILES string of the molecule is CCCCCCCCCCCCOS(=O)(=O)c1ccc(Oc2ccc(S(=O)(=O)O)cc2)cc1.[H-].[Na+]. The first-order valence-corrected chi connectivity index (χ1v) is 14.3. The largest absolute Gasteiger partial charge is 1.00 e. The summed E-state index contributed by atoms with van der Waals surface area (Å²) in [7, 11) is -8.10. The van der Waals surface area contributed by atoms with Gasteiger partial charge in [0.2, 0.25) is 0 Å². The summed E-state index contributed by atoms with van der Waals surface area (Å²) in [6.07, 6.45) is 11.6. The molecule has 0 aromatic heterocycles. The van der Waals surface area contributed by atoms with Crippen LogP contribution < -0.4 is 34.3 Å². The Bertz CT molecular complexity index is 1040. The van der Waals surface area contributed by atoms with E-state index in [0.717, 1.165) is 12.8 Å². The van der Waals surface area contributed by atoms with Crippen molar-refractivity contribution in [3.8, 4) is 11.5 Å². The van der Waals surface area contributed by atoms with E-state index in [0.29, 0.717) is 17.9 Å². The molecule has 7 nitrogen and oxygen atoms in total. The predicted molar refractivity (Wildman–Crippen MR) is 129 cm³/mol. The van der Waals surface area contributed by atoms with Crippen molar-refractivity contribution in [2.24, 2.45) is 0 Å². The summed E-state index contributed by atoms with van der Waals surface area (Å²) in [4.78, 5) is -0.195. The first-order chi connectivity index (χ1) is 15.7. The quantitative estimate of drug-likeness (QED) is 0.156. The van der Waals surface area contributed by atoms with E-state index in [4.69, 9.17) is 13.5 Å². The third-order valence-electron chi connectivity index (χ3n) is 5.21. The van der Waals surface area contributed by atoms with Crippen molar-refractivity contribution in [3.63, 3.8) is 0 Å². The number of hydrogen-bond donors (Lipinski definition) is 1. The number of hydrogen-bond acceptors (Lipinski definition) is 6. The number of rotatable bonds is 16. The van der Waals surface area contributed by atoms with E-state index in [2.05, 4.69) is 6.92 Å². The van der Waals surface area contributed by atoms with Crippen LogP contribution in [-0.2, 0) is 24.4 Å². The Morgan fingerprint density at radius 2 is 1.09 bits per heavy atom. The van der Waals surface area contributed by atoms with Gasteiger partial charge in [-0.25, -0.2) is 0 Å². The molecule has 0 unspecified atom stereocenters. The Kier molecular flexibility index (Phi) is 14.6. The standard InChI is InChI=1S/C24H34O7S2.Na.H/c1-2-3-4-5-6-7-8-9-10-11-20-30-33(28,29)24-18-14-22(15-19-24)31-21-12-16-23(17-13-21)32(25,26)27;;/h12-19H,2-11,20H2,1H3,(H,25,26,27);;/q;+1;-1. The fraction of sp³-hybridized carbons (Fsp3) is 0.500. The molecule has 10 heteroatoms. The third-order valence-corrected chi connectivity index (χ3v) is 7.40. The zero-order valence-electron chi connectivity index (χ0n) is 21.1. The molecule has 2 aromatic rings. The molecule has 186 valence electrons. The molecule has 2 aromatic carbocycles. The summed E-state index contributed by atoms with van der Waals surface area (Å²) in [6.45, 7) is 2.38. The van der Waals surface area contributed by atoms with Crippen LogP contribution in [0.1, 0.15) is 72.6 Å². The Labute approximate surface area is 227 Å². The summed E-state index contributed by atoms with van der Waals surface area (Å²) in [5.74, 6) is 0.721. The molecule has 0 amide bonds. The van der Waals surface area contributed by atoms with Crippen LogP contribution in [0.2, 0.25) is 0 Å². The molecule has 34 heavy (non-hydrogen) atoms. The normalized spacial score (nSPS) is 11.7. The van der Waals surface area contributed by atoms with Crippen molar-refractivity contribution in [3.05, 3.63) is 48.5 Å². The van der Waals surface area contributed by atoms with Crippen molar-refractivity contribution < 1.29 is 61.3 Å². The van der Waals surface area contributed by atoms with E-state index in [1.165, 1.54) is 93.5 Å². The molecule has 0 bridgehead atoms. The number of benzene rings is 2. The van der Waals surface area contributed by atoms with Gasteiger partial charge in [0.15, 0.2) is 0 Å². The topological polar surface area (TPSA) is 107 Å². The van der Waals surface area contributed by atoms with Gasteiger partial charge in [0.25, 0.3) is 20.2 Å². The minimum Gasteiger partial charge on any atom is -1.00 e. The van der Waals surface area contributed by atoms with Crippen molar-refractivity contribution in [1.82, 2.24) is 0 Å². The van der Waals surface area contributed by atoms with E-state index in [1.807, 2.05) is 0 Å². The molecule has 0 saturated heterocycles. The van der Waals surface area contributed by atoms with E-state index in [-0.39, 0.29) is 47.4 Å². The minimum absolute atomic E-state index is 0. The Hall–Kier alpha value is -0.940. The van der Waals surface area contributed by atoms with Crippen molar-refractivity contribution in [2.45, 2.75) is 80.9 Å². The first-order valence-electron chi connectivity index (χ1n) is 11.5. The zero-order chi connectivity index (χ0) is 24.2. The van der Waals surface area contributed by atoms with Gasteiger partial charge >= 0.3 is 29.6 Å². The first kappa shape index (κ1) is 31.1. The van der Waals surface area contributed by atoms with Crippen LogP contribution in [0, 0.1) is 0 Å². The Balaban J connectivity index is 0.00000578. The maximum absolute atomic E-state index is 12.4. The summed E-state index contributed by atoms with van der Waals surface area (Å²) in [6, 6.07) is 11.0. The van der Waals surface area contributed by atoms with Gasteiger partial charge in [0, 0.05) is 0 Å². The summed E-state index contributed by atoms with van der Waals surface area (Å²) < 4.78 is 66.6. The van der Waals surface area contributed by atoms with E-state index < -0.39 is 20.2 Å². The number of unbranched alkanes of at least 4 members (excludes halogenated alkanes) is 9. The third kappa shape index (κ3) is 11.7. The van der Waals surface area contributed by atoms with Gasteiger partial charge in [0.05, 0.1) is 16.4 Å². The van der Waals surface area contributed by atoms with Gasteiger partial charge in [-0.2, -0.15) is 16.8 Å². The molecule has 0 radical (unpaired) electrons. The van der Waals surface area contributed by atoms with Crippen molar-refractivity contribution in [1.29, 1.82) is 0 Å². The molecular weight excluding hydrogens is 487 g/mol. The maximum atomic E-state index is 12.4. The van der Waals surface area contributed by atoms with Gasteiger partial charge in [-0.3, -0.25) is 8.74 Å². The van der Waals surface area contributed by atoms with Crippen LogP contribution in [0.5, 0.6) is 11.5 Å². The van der Waals surface area contributed by atoms with Gasteiger partial charge in [-0.15, -0.1) is 0 Å². The monoisotopic (exact) mass is 522 g/mol. The van der Waals surface area contributed by atoms with Crippen LogP contribution >= 0.6 is 0 Å². The van der Waals surface area contributed by atoms with Crippen molar-refractivity contribution in [2.75, 3.05) is 6.61 Å². The second kappa shape index (κ2) is 15.9. The summed E-state index contributed by atoms with van der Waals surface area (Å²) in [5, 5.41) is 0. The average molecular weight is 523 g/mol. The van der Waals surface area contributed by atoms with Gasteiger partial charge in [-0.05, 0) is 55.0 Å². The average Bonchev–Trinajstić information content (AvgIpc) is 2.77. The molecule has 0 heterocycles. The molecule has 1 N–H and O–H groups in total. The molecule has 0 spiro atoms. The fourth-order valence-corrected chi connectivity index (χ4v) is 4.74. The maximum Gasteiger partial charge on any atom is 1.00 e. The molecule has 2 rings (SSSR count). The van der Waals surface area contributed by atoms with Crippen LogP contribution in [0.25, 0.3) is 0 Å². The minimum atomic E-state index is -4.27. The summed E-state index contributed by atoms with van der Waals surface area (Å²) >= 11 is 0. The molecule has 0 aliphatic heterocycles. The molecule has 0 fully saturated rings. The van der Waals surface area contributed by atoms with E-state index in [1.54, 1.807) is 0 Å². The van der Waals surface area contributed by atoms with E-state index in [9.17, 15) is 16.8 Å². The van der Waals surface area contributed by atoms with Crippen LogP contribution in [0.3, 0.4) is 0 Å².